The van der Waals surface area contributed by atoms with Crippen LogP contribution in [0, 0.1) is 0 Å². The highest BCUT2D eigenvalue weighted by atomic mass is 16.3. The molecule has 1 rings (SSSR count). The molecule has 0 bridgehead atoms. The zero-order valence-electron chi connectivity index (χ0n) is 6.67. The molecule has 3 heteroatoms. The van der Waals surface area contributed by atoms with Gasteiger partial charge in [0.1, 0.15) is 0 Å². The van der Waals surface area contributed by atoms with Crippen molar-refractivity contribution >= 4 is 0 Å². The van der Waals surface area contributed by atoms with Crippen molar-refractivity contribution in [2.75, 3.05) is 14.1 Å². The molecule has 0 heterocycles. The first kappa shape index (κ1) is 7.98. The maximum atomic E-state index is 9.35. The lowest BCUT2D eigenvalue weighted by Crippen LogP contribution is -2.43. The molecule has 0 aliphatic heterocycles. The summed E-state index contributed by atoms with van der Waals surface area (Å²) in [5.41, 5.74) is 3.17. The van der Waals surface area contributed by atoms with E-state index in [0.29, 0.717) is 0 Å². The molecule has 2 atom stereocenters. The van der Waals surface area contributed by atoms with Gasteiger partial charge in [-0.2, -0.15) is 0 Å². The normalized spacial score (nSPS) is 33.6. The number of aliphatic hydroxyl groups is 1. The Kier molecular flexibility index (Phi) is 2.65. The Balaban J connectivity index is 2.26. The van der Waals surface area contributed by atoms with E-state index in [2.05, 4.69) is 5.43 Å². The van der Waals surface area contributed by atoms with E-state index in [0.717, 1.165) is 19.3 Å². The van der Waals surface area contributed by atoms with Crippen molar-refractivity contribution in [1.29, 1.82) is 0 Å². The number of hydrogen-bond acceptors (Lipinski definition) is 3. The van der Waals surface area contributed by atoms with Crippen LogP contribution < -0.4 is 5.43 Å². The number of nitrogens with zero attached hydrogens (tertiary/aromatic N) is 1. The Bertz CT molecular complexity index is 106. The third-order valence-electron chi connectivity index (χ3n) is 1.90. The predicted molar refractivity (Wildman–Crippen MR) is 40.5 cm³/mol. The molecule has 0 aromatic heterocycles. The van der Waals surface area contributed by atoms with E-state index in [-0.39, 0.29) is 12.1 Å². The van der Waals surface area contributed by atoms with Crippen LogP contribution in [-0.2, 0) is 0 Å². The average Bonchev–Trinajstić information content (AvgIpc) is 2.15. The first-order valence-electron chi connectivity index (χ1n) is 3.81. The highest BCUT2D eigenvalue weighted by Gasteiger charge is 2.24. The maximum Gasteiger partial charge on any atom is 0.0706 e. The lowest BCUT2D eigenvalue weighted by molar-refractivity contribution is 0.109. The summed E-state index contributed by atoms with van der Waals surface area (Å²) in [7, 11) is 3.90. The van der Waals surface area contributed by atoms with E-state index in [1.54, 1.807) is 0 Å². The van der Waals surface area contributed by atoms with Crippen LogP contribution in [0.1, 0.15) is 19.3 Å². The average molecular weight is 144 g/mol. The topological polar surface area (TPSA) is 35.5 Å². The van der Waals surface area contributed by atoms with Gasteiger partial charge in [-0.25, -0.2) is 0 Å². The first-order valence-corrected chi connectivity index (χ1v) is 3.81. The monoisotopic (exact) mass is 144 g/mol. The van der Waals surface area contributed by atoms with E-state index >= 15 is 0 Å². The largest absolute Gasteiger partial charge is 0.391 e. The smallest absolute Gasteiger partial charge is 0.0706 e. The Morgan fingerprint density at radius 1 is 1.40 bits per heavy atom. The van der Waals surface area contributed by atoms with Crippen molar-refractivity contribution in [3.8, 4) is 0 Å². The first-order chi connectivity index (χ1) is 4.70. The minimum atomic E-state index is -0.137. The fourth-order valence-electron chi connectivity index (χ4n) is 1.42. The van der Waals surface area contributed by atoms with Gasteiger partial charge in [0.15, 0.2) is 0 Å². The van der Waals surface area contributed by atoms with Gasteiger partial charge in [0.05, 0.1) is 6.10 Å². The molecular formula is C7H16N2O. The number of hydrazine groups is 1. The third kappa shape index (κ3) is 1.94. The van der Waals surface area contributed by atoms with Gasteiger partial charge in [-0.05, 0) is 19.3 Å². The van der Waals surface area contributed by atoms with E-state index in [4.69, 9.17) is 0 Å². The van der Waals surface area contributed by atoms with Gasteiger partial charge >= 0.3 is 0 Å². The fraction of sp³-hybridized carbons (Fsp3) is 1.00. The minimum Gasteiger partial charge on any atom is -0.391 e. The summed E-state index contributed by atoms with van der Waals surface area (Å²) in [6, 6.07) is 0.287. The lowest BCUT2D eigenvalue weighted by Gasteiger charge is -2.21. The highest BCUT2D eigenvalue weighted by Crippen LogP contribution is 2.18. The minimum absolute atomic E-state index is 0.137. The molecule has 10 heavy (non-hydrogen) atoms. The van der Waals surface area contributed by atoms with Crippen molar-refractivity contribution in [3.05, 3.63) is 0 Å². The summed E-state index contributed by atoms with van der Waals surface area (Å²) >= 11 is 0. The van der Waals surface area contributed by atoms with Gasteiger partial charge in [-0.15, -0.1) is 0 Å². The lowest BCUT2D eigenvalue weighted by atomic mass is 10.2. The summed E-state index contributed by atoms with van der Waals surface area (Å²) in [4.78, 5) is 0. The van der Waals surface area contributed by atoms with Crippen LogP contribution in [0.4, 0.5) is 0 Å². The summed E-state index contributed by atoms with van der Waals surface area (Å²) < 4.78 is 0. The molecule has 0 saturated heterocycles. The Morgan fingerprint density at radius 2 is 2.10 bits per heavy atom. The predicted octanol–water partition coefficient (Wildman–Crippen LogP) is -0.0340. The summed E-state index contributed by atoms with van der Waals surface area (Å²) in [6.07, 6.45) is 3.06. The number of hydrogen-bond donors (Lipinski definition) is 2. The second kappa shape index (κ2) is 3.32. The Labute approximate surface area is 62.0 Å². The zero-order valence-corrected chi connectivity index (χ0v) is 6.67. The molecule has 1 aliphatic carbocycles. The van der Waals surface area contributed by atoms with Crippen molar-refractivity contribution < 1.29 is 5.11 Å². The van der Waals surface area contributed by atoms with Crippen LogP contribution in [0.25, 0.3) is 0 Å². The van der Waals surface area contributed by atoms with Crippen molar-refractivity contribution in [1.82, 2.24) is 10.4 Å². The van der Waals surface area contributed by atoms with Crippen LogP contribution in [0.2, 0.25) is 0 Å². The number of nitrogens with one attached hydrogen (secondary N) is 1. The second-order valence-electron chi connectivity index (χ2n) is 3.13. The van der Waals surface area contributed by atoms with Gasteiger partial charge in [0, 0.05) is 20.1 Å². The third-order valence-corrected chi connectivity index (χ3v) is 1.90. The summed E-state index contributed by atoms with van der Waals surface area (Å²) in [5, 5.41) is 11.3. The van der Waals surface area contributed by atoms with Crippen LogP contribution in [-0.4, -0.2) is 36.4 Å². The SMILES string of the molecule is CN(C)NC1CCCC1O. The van der Waals surface area contributed by atoms with Crippen LogP contribution >= 0.6 is 0 Å². The molecule has 1 saturated carbocycles. The van der Waals surface area contributed by atoms with Crippen LogP contribution in [0.5, 0.6) is 0 Å². The van der Waals surface area contributed by atoms with Gasteiger partial charge < -0.3 is 5.11 Å². The van der Waals surface area contributed by atoms with Gasteiger partial charge in [-0.1, -0.05) is 0 Å². The Morgan fingerprint density at radius 3 is 2.50 bits per heavy atom. The molecule has 2 N–H and O–H groups in total. The number of aliphatic hydroxyl groups excluding tert-OH is 1. The molecule has 0 aromatic rings. The fourth-order valence-corrected chi connectivity index (χ4v) is 1.42. The van der Waals surface area contributed by atoms with Gasteiger partial charge in [0.25, 0.3) is 0 Å². The van der Waals surface area contributed by atoms with E-state index in [9.17, 15) is 5.11 Å². The molecule has 0 amide bonds. The van der Waals surface area contributed by atoms with Crippen LogP contribution in [0.3, 0.4) is 0 Å². The Hall–Kier alpha value is -0.120. The molecular weight excluding hydrogens is 128 g/mol. The van der Waals surface area contributed by atoms with Gasteiger partial charge in [0.2, 0.25) is 0 Å². The maximum absolute atomic E-state index is 9.35. The second-order valence-corrected chi connectivity index (χ2v) is 3.13. The standard InChI is InChI=1S/C7H16N2O/c1-9(2)8-6-4-3-5-7(6)10/h6-8,10H,3-5H2,1-2H3. The van der Waals surface area contributed by atoms with E-state index in [1.807, 2.05) is 19.1 Å². The molecule has 0 aromatic carbocycles. The quantitative estimate of drug-likeness (QED) is 0.534. The number of rotatable bonds is 2. The van der Waals surface area contributed by atoms with Crippen LogP contribution in [0.15, 0.2) is 0 Å². The molecule has 1 aliphatic rings. The molecule has 1 fully saturated rings. The summed E-state index contributed by atoms with van der Waals surface area (Å²) in [6.45, 7) is 0. The van der Waals surface area contributed by atoms with Crippen molar-refractivity contribution in [2.45, 2.75) is 31.4 Å². The highest BCUT2D eigenvalue weighted by molar-refractivity contribution is 4.80. The summed E-state index contributed by atoms with van der Waals surface area (Å²) in [5.74, 6) is 0. The van der Waals surface area contributed by atoms with Gasteiger partial charge in [-0.3, -0.25) is 10.4 Å². The zero-order chi connectivity index (χ0) is 7.56. The molecule has 3 nitrogen and oxygen atoms in total. The van der Waals surface area contributed by atoms with Crippen molar-refractivity contribution in [3.63, 3.8) is 0 Å². The molecule has 0 radical (unpaired) electrons. The molecule has 0 spiro atoms. The van der Waals surface area contributed by atoms with Crippen molar-refractivity contribution in [2.24, 2.45) is 0 Å². The van der Waals surface area contributed by atoms with E-state index in [1.165, 1.54) is 0 Å². The molecule has 60 valence electrons. The van der Waals surface area contributed by atoms with E-state index < -0.39 is 0 Å². The molecule has 2 unspecified atom stereocenters.